The van der Waals surface area contributed by atoms with Gasteiger partial charge in [0.2, 0.25) is 11.8 Å². The van der Waals surface area contributed by atoms with Gasteiger partial charge in [-0.15, -0.1) is 0 Å². The van der Waals surface area contributed by atoms with Crippen molar-refractivity contribution in [3.05, 3.63) is 54.1 Å². The second-order valence-electron chi connectivity index (χ2n) is 6.38. The molecule has 1 heterocycles. The largest absolute Gasteiger partial charge is 0.394 e. The van der Waals surface area contributed by atoms with Crippen LogP contribution in [0.25, 0.3) is 6.08 Å². The zero-order chi connectivity index (χ0) is 21.2. The summed E-state index contributed by atoms with van der Waals surface area (Å²) in [6, 6.07) is 8.49. The van der Waals surface area contributed by atoms with Gasteiger partial charge in [0.15, 0.2) is 6.29 Å². The average Bonchev–Trinajstić information content (AvgIpc) is 2.74. The highest BCUT2D eigenvalue weighted by Gasteiger charge is 2.45. The Balaban J connectivity index is 1.80. The summed E-state index contributed by atoms with van der Waals surface area (Å²) in [4.78, 5) is 23.9. The summed E-state index contributed by atoms with van der Waals surface area (Å²) in [6.45, 7) is -0.857. The molecule has 9 heteroatoms. The normalized spacial score (nSPS) is 27.2. The van der Waals surface area contributed by atoms with E-state index in [1.807, 2.05) is 36.4 Å². The summed E-state index contributed by atoms with van der Waals surface area (Å²) < 4.78 is 10.4. The highest BCUT2D eigenvalue weighted by molar-refractivity contribution is 5.91. The van der Waals surface area contributed by atoms with Crippen molar-refractivity contribution in [3.8, 4) is 0 Å². The number of ether oxygens (including phenoxy) is 2. The van der Waals surface area contributed by atoms with Crippen LogP contribution in [0.1, 0.15) is 5.56 Å². The van der Waals surface area contributed by atoms with Gasteiger partial charge in [-0.25, -0.2) is 0 Å². The van der Waals surface area contributed by atoms with Gasteiger partial charge in [-0.3, -0.25) is 9.59 Å². The van der Waals surface area contributed by atoms with Gasteiger partial charge in [0.05, 0.1) is 13.2 Å². The maximum atomic E-state index is 12.1. The Labute approximate surface area is 168 Å². The first-order chi connectivity index (χ1) is 14.0. The number of amides is 2. The fourth-order valence-corrected chi connectivity index (χ4v) is 2.77. The molecular formula is C20H26N2O7. The summed E-state index contributed by atoms with van der Waals surface area (Å²) in [5.74, 6) is -1.07. The molecule has 9 nitrogen and oxygen atoms in total. The first-order valence-electron chi connectivity index (χ1n) is 9.08. The number of carbonyl (C=O) groups is 2. The van der Waals surface area contributed by atoms with Crippen molar-refractivity contribution in [2.24, 2.45) is 0 Å². The minimum absolute atomic E-state index is 0.343. The molecule has 29 heavy (non-hydrogen) atoms. The van der Waals surface area contributed by atoms with E-state index in [0.29, 0.717) is 0 Å². The van der Waals surface area contributed by atoms with Crippen LogP contribution in [0.3, 0.4) is 0 Å². The molecule has 1 fully saturated rings. The molecular weight excluding hydrogens is 380 g/mol. The number of methoxy groups -OCH3 is 1. The Morgan fingerprint density at radius 3 is 2.55 bits per heavy atom. The van der Waals surface area contributed by atoms with Crippen LogP contribution in [0.2, 0.25) is 0 Å². The smallest absolute Gasteiger partial charge is 0.244 e. The molecule has 2 rings (SSSR count). The quantitative estimate of drug-likeness (QED) is 0.274. The van der Waals surface area contributed by atoms with Gasteiger partial charge in [-0.05, 0) is 5.56 Å². The molecule has 1 aromatic rings. The van der Waals surface area contributed by atoms with Gasteiger partial charge < -0.3 is 35.4 Å². The van der Waals surface area contributed by atoms with E-state index >= 15 is 0 Å². The zero-order valence-corrected chi connectivity index (χ0v) is 16.0. The second-order valence-corrected chi connectivity index (χ2v) is 6.38. The van der Waals surface area contributed by atoms with E-state index in [9.17, 15) is 19.8 Å². The van der Waals surface area contributed by atoms with Crippen LogP contribution in [-0.4, -0.2) is 78.0 Å². The molecule has 5 N–H and O–H groups in total. The van der Waals surface area contributed by atoms with Crippen LogP contribution in [0.4, 0.5) is 0 Å². The lowest BCUT2D eigenvalue weighted by Gasteiger charge is -2.41. The summed E-state index contributed by atoms with van der Waals surface area (Å²) in [5, 5.41) is 34.1. The van der Waals surface area contributed by atoms with Crippen molar-refractivity contribution in [3.63, 3.8) is 0 Å². The van der Waals surface area contributed by atoms with E-state index in [4.69, 9.17) is 14.6 Å². The van der Waals surface area contributed by atoms with Crippen molar-refractivity contribution in [1.82, 2.24) is 10.6 Å². The van der Waals surface area contributed by atoms with Gasteiger partial charge in [0.1, 0.15) is 24.4 Å². The lowest BCUT2D eigenvalue weighted by molar-refractivity contribution is -0.262. The third-order valence-electron chi connectivity index (χ3n) is 4.31. The monoisotopic (exact) mass is 406 g/mol. The number of nitrogens with one attached hydrogen (secondary N) is 2. The van der Waals surface area contributed by atoms with Crippen LogP contribution in [0.5, 0.6) is 0 Å². The van der Waals surface area contributed by atoms with Crippen molar-refractivity contribution in [2.75, 3.05) is 20.3 Å². The molecule has 1 aromatic carbocycles. The maximum absolute atomic E-state index is 12.1. The van der Waals surface area contributed by atoms with Crippen LogP contribution in [0, 0.1) is 0 Å². The van der Waals surface area contributed by atoms with Gasteiger partial charge >= 0.3 is 0 Å². The fraction of sp³-hybridized carbons (Fsp3) is 0.400. The van der Waals surface area contributed by atoms with Crippen LogP contribution in [0.15, 0.2) is 48.6 Å². The average molecular weight is 406 g/mol. The minimum atomic E-state index is -1.41. The Bertz CT molecular complexity index is 721. The third kappa shape index (κ3) is 6.77. The molecule has 1 saturated heterocycles. The number of benzene rings is 1. The van der Waals surface area contributed by atoms with Crippen molar-refractivity contribution < 1.29 is 34.4 Å². The van der Waals surface area contributed by atoms with Crippen molar-refractivity contribution >= 4 is 17.9 Å². The lowest BCUT2D eigenvalue weighted by atomic mass is 9.97. The van der Waals surface area contributed by atoms with E-state index in [-0.39, 0.29) is 6.54 Å². The van der Waals surface area contributed by atoms with E-state index in [2.05, 4.69) is 10.6 Å². The minimum Gasteiger partial charge on any atom is -0.394 e. The molecule has 1 aliphatic heterocycles. The Morgan fingerprint density at radius 1 is 1.17 bits per heavy atom. The summed E-state index contributed by atoms with van der Waals surface area (Å²) >= 11 is 0. The molecule has 158 valence electrons. The third-order valence-corrected chi connectivity index (χ3v) is 4.31. The predicted molar refractivity (Wildman–Crippen MR) is 104 cm³/mol. The van der Waals surface area contributed by atoms with Gasteiger partial charge in [0, 0.05) is 13.2 Å². The Morgan fingerprint density at radius 2 is 1.90 bits per heavy atom. The number of hydrogen-bond acceptors (Lipinski definition) is 7. The highest BCUT2D eigenvalue weighted by atomic mass is 16.7. The van der Waals surface area contributed by atoms with Crippen LogP contribution in [-0.2, 0) is 19.1 Å². The van der Waals surface area contributed by atoms with E-state index in [0.717, 1.165) is 5.56 Å². The molecule has 0 radical (unpaired) electrons. The highest BCUT2D eigenvalue weighted by Crippen LogP contribution is 2.21. The van der Waals surface area contributed by atoms with E-state index < -0.39 is 49.1 Å². The molecule has 0 unspecified atom stereocenters. The molecule has 5 atom stereocenters. The number of aliphatic hydroxyl groups excluding tert-OH is 3. The predicted octanol–water partition coefficient (Wildman–Crippen LogP) is -1.06. The molecule has 0 saturated carbocycles. The first kappa shape index (κ1) is 22.7. The molecule has 2 amide bonds. The molecule has 0 bridgehead atoms. The SMILES string of the molecule is CO[C@H]1O[C@H](CO)[C@@H](O)[C@H](O)[C@@H]1NC(=O)CNC(=O)/C=C/C=C/c1ccccc1. The maximum Gasteiger partial charge on any atom is 0.244 e. The summed E-state index contributed by atoms with van der Waals surface area (Å²) in [5.41, 5.74) is 0.989. The van der Waals surface area contributed by atoms with Gasteiger partial charge in [-0.1, -0.05) is 48.6 Å². The second kappa shape index (κ2) is 11.4. The number of hydrogen-bond donors (Lipinski definition) is 5. The number of rotatable bonds is 8. The van der Waals surface area contributed by atoms with Gasteiger partial charge in [0.25, 0.3) is 0 Å². The number of allylic oxidation sites excluding steroid dienone is 2. The molecule has 1 aliphatic rings. The fourth-order valence-electron chi connectivity index (χ4n) is 2.77. The van der Waals surface area contributed by atoms with Crippen molar-refractivity contribution in [2.45, 2.75) is 30.6 Å². The Hall–Kier alpha value is -2.56. The number of aliphatic hydroxyl groups is 3. The summed E-state index contributed by atoms with van der Waals surface area (Å²) in [7, 11) is 1.30. The van der Waals surface area contributed by atoms with Crippen molar-refractivity contribution in [1.29, 1.82) is 0 Å². The van der Waals surface area contributed by atoms with E-state index in [1.165, 1.54) is 13.2 Å². The first-order valence-corrected chi connectivity index (χ1v) is 9.08. The van der Waals surface area contributed by atoms with Crippen LogP contribution >= 0.6 is 0 Å². The van der Waals surface area contributed by atoms with E-state index in [1.54, 1.807) is 12.2 Å². The lowest BCUT2D eigenvalue weighted by Crippen LogP contribution is -2.65. The Kier molecular flexibility index (Phi) is 8.97. The zero-order valence-electron chi connectivity index (χ0n) is 16.0. The number of carbonyl (C=O) groups excluding carboxylic acids is 2. The standard InChI is InChI=1S/C20H26N2O7/c1-28-20-17(19(27)18(26)14(12-23)29-20)22-16(25)11-21-15(24)10-6-5-9-13-7-3-2-4-8-13/h2-10,14,17-20,23,26-27H,11-12H2,1H3,(H,21,24)(H,22,25)/b9-5+,10-6+/t14-,17+,18-,19-,20+/m1/s1. The van der Waals surface area contributed by atoms with Gasteiger partial charge in [-0.2, -0.15) is 0 Å². The van der Waals surface area contributed by atoms with Crippen LogP contribution < -0.4 is 10.6 Å². The summed E-state index contributed by atoms with van der Waals surface area (Å²) in [6.07, 6.45) is 1.46. The molecule has 0 aliphatic carbocycles. The topological polar surface area (TPSA) is 137 Å². The molecule has 0 spiro atoms. The molecule has 0 aromatic heterocycles.